The minimum absolute atomic E-state index is 0.344. The first kappa shape index (κ1) is 18.1. The van der Waals surface area contributed by atoms with E-state index < -0.39 is 0 Å². The number of hydrogen-bond donors (Lipinski definition) is 2. The quantitative estimate of drug-likeness (QED) is 0.759. The zero-order valence-corrected chi connectivity index (χ0v) is 15.5. The molecule has 3 nitrogen and oxygen atoms in total. The second-order valence-electron chi connectivity index (χ2n) is 6.96. The van der Waals surface area contributed by atoms with Gasteiger partial charge in [-0.25, -0.2) is 0 Å². The van der Waals surface area contributed by atoms with Gasteiger partial charge in [-0.15, -0.1) is 0 Å². The van der Waals surface area contributed by atoms with Gasteiger partial charge in [-0.3, -0.25) is 4.98 Å². The van der Waals surface area contributed by atoms with Crippen LogP contribution in [0.2, 0.25) is 0 Å². The van der Waals surface area contributed by atoms with Gasteiger partial charge in [0.1, 0.15) is 5.75 Å². The molecule has 2 N–H and O–H groups in total. The molecular formula is C21H28N2O. The molecular weight excluding hydrogens is 296 g/mol. The van der Waals surface area contributed by atoms with Gasteiger partial charge in [-0.1, -0.05) is 27.7 Å². The number of phenolic OH excluding ortho intramolecular Hbond substituents is 1. The average molecular weight is 324 g/mol. The van der Waals surface area contributed by atoms with Crippen molar-refractivity contribution in [1.29, 1.82) is 0 Å². The number of aryl methyl sites for hydroxylation is 2. The molecule has 0 radical (unpaired) electrons. The summed E-state index contributed by atoms with van der Waals surface area (Å²) in [5.41, 5.74) is 6.45. The number of aromatic nitrogens is 1. The van der Waals surface area contributed by atoms with Crippen molar-refractivity contribution in [3.8, 4) is 5.75 Å². The van der Waals surface area contributed by atoms with E-state index in [1.807, 2.05) is 32.2 Å². The topological polar surface area (TPSA) is 45.2 Å². The van der Waals surface area contributed by atoms with Crippen LogP contribution in [0.5, 0.6) is 5.75 Å². The van der Waals surface area contributed by atoms with Gasteiger partial charge in [0.25, 0.3) is 0 Å². The van der Waals surface area contributed by atoms with Crippen LogP contribution < -0.4 is 5.32 Å². The lowest BCUT2D eigenvalue weighted by Crippen LogP contribution is -2.13. The second-order valence-corrected chi connectivity index (χ2v) is 6.96. The van der Waals surface area contributed by atoms with E-state index in [0.717, 1.165) is 22.4 Å². The van der Waals surface area contributed by atoms with Crippen LogP contribution in [0, 0.1) is 25.7 Å². The molecule has 0 fully saturated rings. The SMILES string of the molecule is Cc1cc(/C(=C(/Nc2cccnc2)C(C)C)C(C)C)cc(C)c1O. The molecule has 0 unspecified atom stereocenters. The zero-order valence-electron chi connectivity index (χ0n) is 15.5. The highest BCUT2D eigenvalue weighted by molar-refractivity contribution is 5.75. The second kappa shape index (κ2) is 7.52. The van der Waals surface area contributed by atoms with Crippen molar-refractivity contribution in [2.45, 2.75) is 41.5 Å². The van der Waals surface area contributed by atoms with E-state index in [1.54, 1.807) is 6.20 Å². The van der Waals surface area contributed by atoms with E-state index in [-0.39, 0.29) is 0 Å². The number of hydrogen-bond acceptors (Lipinski definition) is 3. The van der Waals surface area contributed by atoms with Crippen molar-refractivity contribution >= 4 is 11.3 Å². The van der Waals surface area contributed by atoms with Gasteiger partial charge in [0, 0.05) is 11.9 Å². The number of nitrogens with one attached hydrogen (secondary N) is 1. The maximum atomic E-state index is 10.1. The standard InChI is InChI=1S/C21H28N2O/c1-13(2)19(17-10-15(5)21(24)16(6)11-17)20(14(3)4)23-18-8-7-9-22-12-18/h7-14,23-24H,1-6H3/b20-19+. The molecule has 2 aromatic rings. The summed E-state index contributed by atoms with van der Waals surface area (Å²) < 4.78 is 0. The number of anilines is 1. The lowest BCUT2D eigenvalue weighted by atomic mass is 9.87. The fourth-order valence-corrected chi connectivity index (χ4v) is 3.03. The maximum absolute atomic E-state index is 10.1. The van der Waals surface area contributed by atoms with Gasteiger partial charge in [-0.05, 0) is 72.2 Å². The number of nitrogens with zero attached hydrogens (tertiary/aromatic N) is 1. The molecule has 0 aliphatic rings. The van der Waals surface area contributed by atoms with E-state index in [0.29, 0.717) is 17.6 Å². The summed E-state index contributed by atoms with van der Waals surface area (Å²) in [5, 5.41) is 13.7. The van der Waals surface area contributed by atoms with Crippen molar-refractivity contribution in [3.63, 3.8) is 0 Å². The first-order valence-electron chi connectivity index (χ1n) is 8.53. The van der Waals surface area contributed by atoms with Crippen molar-refractivity contribution in [2.75, 3.05) is 5.32 Å². The Labute approximate surface area is 145 Å². The molecule has 1 aromatic carbocycles. The molecule has 3 heteroatoms. The first-order valence-corrected chi connectivity index (χ1v) is 8.53. The molecule has 0 bridgehead atoms. The van der Waals surface area contributed by atoms with Crippen LogP contribution in [0.4, 0.5) is 5.69 Å². The Hall–Kier alpha value is -2.29. The summed E-state index contributed by atoms with van der Waals surface area (Å²) in [4.78, 5) is 4.20. The highest BCUT2D eigenvalue weighted by atomic mass is 16.3. The third kappa shape index (κ3) is 3.97. The lowest BCUT2D eigenvalue weighted by molar-refractivity contribution is 0.467. The summed E-state index contributed by atoms with van der Waals surface area (Å²) in [6, 6.07) is 8.11. The van der Waals surface area contributed by atoms with Crippen LogP contribution >= 0.6 is 0 Å². The first-order chi connectivity index (χ1) is 11.3. The van der Waals surface area contributed by atoms with Crippen LogP contribution in [0.3, 0.4) is 0 Å². The number of allylic oxidation sites excluding steroid dienone is 2. The fraction of sp³-hybridized carbons (Fsp3) is 0.381. The molecule has 0 aliphatic carbocycles. The third-order valence-corrected chi connectivity index (χ3v) is 4.19. The molecule has 0 spiro atoms. The van der Waals surface area contributed by atoms with Crippen LogP contribution in [-0.4, -0.2) is 10.1 Å². The zero-order chi connectivity index (χ0) is 17.9. The number of benzene rings is 1. The molecule has 0 saturated heterocycles. The Morgan fingerprint density at radius 3 is 2.12 bits per heavy atom. The van der Waals surface area contributed by atoms with E-state index in [2.05, 4.69) is 50.1 Å². The monoisotopic (exact) mass is 324 g/mol. The van der Waals surface area contributed by atoms with E-state index in [1.165, 1.54) is 11.3 Å². The highest BCUT2D eigenvalue weighted by Crippen LogP contribution is 2.34. The van der Waals surface area contributed by atoms with Gasteiger partial charge in [0.05, 0.1) is 11.9 Å². The number of aromatic hydroxyl groups is 1. The lowest BCUT2D eigenvalue weighted by Gasteiger charge is -2.24. The van der Waals surface area contributed by atoms with Gasteiger partial charge in [-0.2, -0.15) is 0 Å². The van der Waals surface area contributed by atoms with Crippen molar-refractivity contribution in [2.24, 2.45) is 11.8 Å². The van der Waals surface area contributed by atoms with Crippen LogP contribution in [0.15, 0.2) is 42.4 Å². The molecule has 128 valence electrons. The molecule has 0 atom stereocenters. The van der Waals surface area contributed by atoms with Gasteiger partial charge in [0.2, 0.25) is 0 Å². The molecule has 24 heavy (non-hydrogen) atoms. The van der Waals surface area contributed by atoms with E-state index in [9.17, 15) is 5.11 Å². The van der Waals surface area contributed by atoms with Crippen LogP contribution in [0.1, 0.15) is 44.4 Å². The number of rotatable bonds is 5. The molecule has 1 heterocycles. The number of pyridine rings is 1. The Bertz CT molecular complexity index is 708. The normalized spacial score (nSPS) is 12.5. The maximum Gasteiger partial charge on any atom is 0.121 e. The van der Waals surface area contributed by atoms with Gasteiger partial charge >= 0.3 is 0 Å². The summed E-state index contributed by atoms with van der Waals surface area (Å²) in [7, 11) is 0. The molecule has 2 rings (SSSR count). The number of phenols is 1. The summed E-state index contributed by atoms with van der Waals surface area (Å²) in [5.74, 6) is 1.08. The third-order valence-electron chi connectivity index (χ3n) is 4.19. The van der Waals surface area contributed by atoms with Gasteiger partial charge < -0.3 is 10.4 Å². The van der Waals surface area contributed by atoms with Crippen molar-refractivity contribution in [3.05, 3.63) is 59.0 Å². The molecule has 0 saturated carbocycles. The fourth-order valence-electron chi connectivity index (χ4n) is 3.03. The Balaban J connectivity index is 2.61. The Morgan fingerprint density at radius 2 is 1.67 bits per heavy atom. The van der Waals surface area contributed by atoms with Crippen LogP contribution in [-0.2, 0) is 0 Å². The van der Waals surface area contributed by atoms with Crippen LogP contribution in [0.25, 0.3) is 5.57 Å². The van der Waals surface area contributed by atoms with Crippen molar-refractivity contribution < 1.29 is 5.11 Å². The van der Waals surface area contributed by atoms with E-state index >= 15 is 0 Å². The molecule has 0 aliphatic heterocycles. The summed E-state index contributed by atoms with van der Waals surface area (Å²) in [6.07, 6.45) is 3.62. The summed E-state index contributed by atoms with van der Waals surface area (Å²) in [6.45, 7) is 12.7. The van der Waals surface area contributed by atoms with Crippen molar-refractivity contribution in [1.82, 2.24) is 4.98 Å². The summed E-state index contributed by atoms with van der Waals surface area (Å²) >= 11 is 0. The Morgan fingerprint density at radius 1 is 1.04 bits per heavy atom. The highest BCUT2D eigenvalue weighted by Gasteiger charge is 2.18. The average Bonchev–Trinajstić information content (AvgIpc) is 2.52. The molecule has 1 aromatic heterocycles. The smallest absolute Gasteiger partial charge is 0.121 e. The van der Waals surface area contributed by atoms with Gasteiger partial charge in [0.15, 0.2) is 0 Å². The predicted octanol–water partition coefficient (Wildman–Crippen LogP) is 5.54. The molecule has 0 amide bonds. The minimum atomic E-state index is 0.344. The van der Waals surface area contributed by atoms with E-state index in [4.69, 9.17) is 0 Å². The predicted molar refractivity (Wildman–Crippen MR) is 102 cm³/mol. The largest absolute Gasteiger partial charge is 0.507 e. The Kier molecular flexibility index (Phi) is 5.66. The minimum Gasteiger partial charge on any atom is -0.507 e.